The number of halogens is 1. The number of nitrogens with zero attached hydrogens (tertiary/aromatic N) is 3. The first-order chi connectivity index (χ1) is 14.5. The number of rotatable bonds is 6. The van der Waals surface area contributed by atoms with E-state index in [9.17, 15) is 10.1 Å². The van der Waals surface area contributed by atoms with Crippen molar-refractivity contribution in [3.05, 3.63) is 80.3 Å². The number of allylic oxidation sites excluding steroid dienone is 2. The number of aromatic nitrogens is 1. The van der Waals surface area contributed by atoms with Gasteiger partial charge in [-0.15, -0.1) is 0 Å². The molecule has 6 nitrogen and oxygen atoms in total. The molecule has 0 aliphatic carbocycles. The molecular weight excluding hydrogens is 382 g/mol. The fraction of sp³-hybridized carbons (Fsp3) is 0.227. The van der Waals surface area contributed by atoms with Crippen molar-refractivity contribution in [3.63, 3.8) is 0 Å². The van der Waals surface area contributed by atoms with E-state index >= 15 is 4.32 Å². The van der Waals surface area contributed by atoms with E-state index in [1.165, 1.54) is 0 Å². The second-order valence-corrected chi connectivity index (χ2v) is 7.43. The van der Waals surface area contributed by atoms with Gasteiger partial charge in [0, 0.05) is 40.7 Å². The van der Waals surface area contributed by atoms with Gasteiger partial charge in [0.05, 0.1) is 4.92 Å². The van der Waals surface area contributed by atoms with Crippen LogP contribution >= 0.6 is 0 Å². The molecule has 0 bridgehead atoms. The van der Waals surface area contributed by atoms with Gasteiger partial charge in [0.15, 0.2) is 5.70 Å². The molecule has 1 radical (unpaired) electrons. The average Bonchev–Trinajstić information content (AvgIpc) is 3.35. The highest BCUT2D eigenvalue weighted by atomic mass is 19.1. The normalized spacial score (nSPS) is 15.7. The molecule has 1 aromatic heterocycles. The van der Waals surface area contributed by atoms with Crippen molar-refractivity contribution in [3.8, 4) is 0 Å². The van der Waals surface area contributed by atoms with Crippen LogP contribution in [0.15, 0.2) is 42.1 Å². The first-order valence-electron chi connectivity index (χ1n) is 10.0. The lowest BCUT2D eigenvalue weighted by atomic mass is 9.91. The Balaban J connectivity index is 1.78. The van der Waals surface area contributed by atoms with Gasteiger partial charge in [-0.2, -0.15) is 0 Å². The smallest absolute Gasteiger partial charge is 0.445 e. The van der Waals surface area contributed by atoms with E-state index < -0.39 is 7.26 Å². The second kappa shape index (κ2) is 7.87. The molecule has 2 N–H and O–H groups in total. The summed E-state index contributed by atoms with van der Waals surface area (Å²) >= 11 is 0. The fourth-order valence-corrected chi connectivity index (χ4v) is 4.23. The fourth-order valence-electron chi connectivity index (χ4n) is 4.23. The number of hydrogen-bond acceptors (Lipinski definition) is 3. The number of fused-ring (bicyclic) bond motifs is 2. The van der Waals surface area contributed by atoms with Gasteiger partial charge < -0.3 is 19.0 Å². The van der Waals surface area contributed by atoms with Gasteiger partial charge in [0.25, 0.3) is 5.69 Å². The lowest BCUT2D eigenvalue weighted by Gasteiger charge is -2.30. The largest absolute Gasteiger partial charge is 0.533 e. The molecule has 2 aliphatic rings. The average molecular weight is 405 g/mol. The minimum absolute atomic E-state index is 0.104. The standard InChI is InChI=1S/C22H23BFN4O2/c1-3-17-8-6-16(14-21(17)28(29)30)7-9-18-13-15(2)22-19(10-11-25)20-5-4-12-26(20)23(24)27(18)22/h4-9,12-14H,3,10-11,25H2,1-2H3/b9-7+. The zero-order chi connectivity index (χ0) is 21.4. The molecule has 0 fully saturated rings. The SMILES string of the molecule is CCc1ccc(/C=C/c2cc(C)c3n2[B-](F)[N+]2=CC=CC2=C3CCN)cc1[N+](=O)[O-]. The molecular formula is C22H23BFN4O2. The molecule has 30 heavy (non-hydrogen) atoms. The molecule has 8 heteroatoms. The molecule has 2 aromatic rings. The van der Waals surface area contributed by atoms with Crippen LogP contribution in [0.5, 0.6) is 0 Å². The summed E-state index contributed by atoms with van der Waals surface area (Å²) in [5.41, 5.74) is 11.7. The minimum atomic E-state index is -1.36. The number of hydrogen-bond donors (Lipinski definition) is 1. The van der Waals surface area contributed by atoms with Crippen molar-refractivity contribution in [2.24, 2.45) is 5.73 Å². The van der Waals surface area contributed by atoms with Gasteiger partial charge in [0.2, 0.25) is 0 Å². The molecule has 3 heterocycles. The molecule has 0 spiro atoms. The zero-order valence-electron chi connectivity index (χ0n) is 17.0. The van der Waals surface area contributed by atoms with Crippen molar-refractivity contribution >= 4 is 36.9 Å². The summed E-state index contributed by atoms with van der Waals surface area (Å²) < 4.78 is 18.7. The highest BCUT2D eigenvalue weighted by molar-refractivity contribution is 6.43. The van der Waals surface area contributed by atoms with Gasteiger partial charge in [-0.05, 0) is 49.6 Å². The maximum absolute atomic E-state index is 15.4. The lowest BCUT2D eigenvalue weighted by Crippen LogP contribution is -2.39. The summed E-state index contributed by atoms with van der Waals surface area (Å²) in [6.07, 6.45) is 10.3. The maximum Gasteiger partial charge on any atom is 0.533 e. The quantitative estimate of drug-likeness (QED) is 0.449. The first kappa shape index (κ1) is 20.0. The first-order valence-corrected chi connectivity index (χ1v) is 10.0. The van der Waals surface area contributed by atoms with E-state index in [-0.39, 0.29) is 10.6 Å². The summed E-state index contributed by atoms with van der Waals surface area (Å²) in [5, 5.41) is 11.3. The monoisotopic (exact) mass is 405 g/mol. The maximum atomic E-state index is 15.4. The van der Waals surface area contributed by atoms with E-state index in [1.54, 1.807) is 33.4 Å². The minimum Gasteiger partial charge on any atom is -0.445 e. The highest BCUT2D eigenvalue weighted by Gasteiger charge is 2.34. The molecule has 1 aromatic carbocycles. The Hall–Kier alpha value is -3.26. The van der Waals surface area contributed by atoms with Crippen molar-refractivity contribution in [1.29, 1.82) is 0 Å². The van der Waals surface area contributed by atoms with Crippen molar-refractivity contribution in [2.75, 3.05) is 6.54 Å². The van der Waals surface area contributed by atoms with Gasteiger partial charge >= 0.3 is 7.26 Å². The summed E-state index contributed by atoms with van der Waals surface area (Å²) in [5.74, 6) is 0. The van der Waals surface area contributed by atoms with Crippen molar-refractivity contribution < 1.29 is 13.7 Å². The van der Waals surface area contributed by atoms with Crippen LogP contribution in [0.25, 0.3) is 17.7 Å². The van der Waals surface area contributed by atoms with Crippen molar-refractivity contribution in [2.45, 2.75) is 26.7 Å². The molecule has 153 valence electrons. The van der Waals surface area contributed by atoms with Crippen LogP contribution in [0.2, 0.25) is 0 Å². The number of nitro groups is 1. The van der Waals surface area contributed by atoms with E-state index in [0.717, 1.165) is 22.5 Å². The molecule has 0 atom stereocenters. The topological polar surface area (TPSA) is 77.1 Å². The predicted octanol–water partition coefficient (Wildman–Crippen LogP) is 3.97. The Morgan fingerprint density at radius 3 is 2.83 bits per heavy atom. The Kier molecular flexibility index (Phi) is 5.26. The number of nitro benzene ring substituents is 1. The van der Waals surface area contributed by atoms with E-state index in [0.29, 0.717) is 36.2 Å². The van der Waals surface area contributed by atoms with Crippen LogP contribution in [0.1, 0.15) is 41.4 Å². The number of aryl methyl sites for hydroxylation is 2. The summed E-state index contributed by atoms with van der Waals surface area (Å²) in [7, 11) is -1.36. The van der Waals surface area contributed by atoms with Gasteiger partial charge in [-0.3, -0.25) is 10.1 Å². The Labute approximate surface area is 174 Å². The van der Waals surface area contributed by atoms with Crippen LogP contribution in [0.4, 0.5) is 10.0 Å². The molecule has 0 amide bonds. The highest BCUT2D eigenvalue weighted by Crippen LogP contribution is 2.36. The third-order valence-corrected chi connectivity index (χ3v) is 5.60. The second-order valence-electron chi connectivity index (χ2n) is 7.43. The Bertz CT molecular complexity index is 1160. The van der Waals surface area contributed by atoms with Gasteiger partial charge in [0.1, 0.15) is 6.21 Å². The molecule has 0 unspecified atom stereocenters. The van der Waals surface area contributed by atoms with Gasteiger partial charge in [-0.1, -0.05) is 25.1 Å². The van der Waals surface area contributed by atoms with Crippen LogP contribution in [-0.4, -0.2) is 33.9 Å². The zero-order valence-corrected chi connectivity index (χ0v) is 17.0. The van der Waals surface area contributed by atoms with Crippen molar-refractivity contribution in [1.82, 2.24) is 4.48 Å². The summed E-state index contributed by atoms with van der Waals surface area (Å²) in [6.45, 7) is 4.33. The molecule has 2 aliphatic heterocycles. The van der Waals surface area contributed by atoms with E-state index in [4.69, 9.17) is 5.73 Å². The van der Waals surface area contributed by atoms with E-state index in [2.05, 4.69) is 0 Å². The van der Waals surface area contributed by atoms with Gasteiger partial charge in [-0.25, -0.2) is 0 Å². The van der Waals surface area contributed by atoms with Crippen LogP contribution in [0.3, 0.4) is 0 Å². The number of nitrogens with two attached hydrogens (primary N) is 1. The summed E-state index contributed by atoms with van der Waals surface area (Å²) in [6, 6.07) is 7.12. The molecule has 0 saturated carbocycles. The third-order valence-electron chi connectivity index (χ3n) is 5.60. The third kappa shape index (κ3) is 3.23. The molecule has 0 saturated heterocycles. The Morgan fingerprint density at radius 1 is 1.33 bits per heavy atom. The van der Waals surface area contributed by atoms with Crippen LogP contribution in [0, 0.1) is 17.0 Å². The lowest BCUT2D eigenvalue weighted by molar-refractivity contribution is -0.385. The number of benzene rings is 1. The Morgan fingerprint density at radius 2 is 2.13 bits per heavy atom. The predicted molar refractivity (Wildman–Crippen MR) is 119 cm³/mol. The molecule has 4 rings (SSSR count). The van der Waals surface area contributed by atoms with E-state index in [1.807, 2.05) is 44.2 Å². The summed E-state index contributed by atoms with van der Waals surface area (Å²) in [4.78, 5) is 11.0. The van der Waals surface area contributed by atoms with Crippen LogP contribution < -0.4 is 5.73 Å². The van der Waals surface area contributed by atoms with Crippen LogP contribution in [-0.2, 0) is 6.42 Å².